The van der Waals surface area contributed by atoms with Crippen molar-refractivity contribution >= 4 is 11.0 Å². The third-order valence-corrected chi connectivity index (χ3v) is 1.69. The number of rotatable bonds is 0. The summed E-state index contributed by atoms with van der Waals surface area (Å²) in [6, 6.07) is 3.62. The van der Waals surface area contributed by atoms with Gasteiger partial charge in [0, 0.05) is 18.6 Å². The van der Waals surface area contributed by atoms with Crippen LogP contribution in [0.4, 0.5) is 0 Å². The Kier molecular flexibility index (Phi) is 1.12. The molecule has 0 saturated heterocycles. The maximum atomic E-state index is 9.07. The molecule has 2 rings (SSSR count). The summed E-state index contributed by atoms with van der Waals surface area (Å²) < 4.78 is 1.91. The second-order valence-corrected chi connectivity index (χ2v) is 2.53. The highest BCUT2D eigenvalue weighted by molar-refractivity contribution is 5.77. The van der Waals surface area contributed by atoms with Crippen molar-refractivity contribution in [3.63, 3.8) is 0 Å². The molecular formula is C8H8N2O. The normalized spacial score (nSPS) is 10.6. The number of aromatic nitrogens is 2. The number of nitrogens with zero attached hydrogens (tertiary/aromatic N) is 2. The lowest BCUT2D eigenvalue weighted by Crippen LogP contribution is -1.85. The quantitative estimate of drug-likeness (QED) is 0.611. The molecule has 3 nitrogen and oxygen atoms in total. The average molecular weight is 148 g/mol. The van der Waals surface area contributed by atoms with E-state index < -0.39 is 0 Å². The molecule has 0 unspecified atom stereocenters. The lowest BCUT2D eigenvalue weighted by Gasteiger charge is -1.94. The minimum atomic E-state index is 0.212. The van der Waals surface area contributed by atoms with E-state index in [0.717, 1.165) is 11.0 Å². The highest BCUT2D eigenvalue weighted by atomic mass is 16.3. The molecule has 0 fully saturated rings. The van der Waals surface area contributed by atoms with Crippen LogP contribution in [0, 0.1) is 0 Å². The van der Waals surface area contributed by atoms with E-state index in [9.17, 15) is 0 Å². The van der Waals surface area contributed by atoms with Gasteiger partial charge < -0.3 is 9.67 Å². The first-order chi connectivity index (χ1) is 5.27. The van der Waals surface area contributed by atoms with Gasteiger partial charge in [-0.15, -0.1) is 0 Å². The predicted molar refractivity (Wildman–Crippen MR) is 42.4 cm³/mol. The van der Waals surface area contributed by atoms with Crippen LogP contribution in [0.15, 0.2) is 24.5 Å². The summed E-state index contributed by atoms with van der Waals surface area (Å²) in [6.45, 7) is 0. The van der Waals surface area contributed by atoms with Crippen molar-refractivity contribution in [2.45, 2.75) is 0 Å². The molecule has 0 aliphatic rings. The van der Waals surface area contributed by atoms with E-state index in [4.69, 9.17) is 5.11 Å². The van der Waals surface area contributed by atoms with Gasteiger partial charge in [-0.3, -0.25) is 0 Å². The molecule has 0 aliphatic carbocycles. The molecule has 0 bridgehead atoms. The van der Waals surface area contributed by atoms with Crippen molar-refractivity contribution in [1.29, 1.82) is 0 Å². The summed E-state index contributed by atoms with van der Waals surface area (Å²) >= 11 is 0. The van der Waals surface area contributed by atoms with Crippen molar-refractivity contribution in [1.82, 2.24) is 9.55 Å². The Hall–Kier alpha value is -1.51. The van der Waals surface area contributed by atoms with Gasteiger partial charge in [0.25, 0.3) is 0 Å². The van der Waals surface area contributed by atoms with Gasteiger partial charge in [-0.05, 0) is 12.1 Å². The molecule has 1 N–H and O–H groups in total. The third-order valence-electron chi connectivity index (χ3n) is 1.69. The monoisotopic (exact) mass is 148 g/mol. The van der Waals surface area contributed by atoms with Crippen LogP contribution in [0.25, 0.3) is 11.0 Å². The van der Waals surface area contributed by atoms with E-state index in [1.807, 2.05) is 23.9 Å². The Labute approximate surface area is 63.9 Å². The zero-order chi connectivity index (χ0) is 7.84. The van der Waals surface area contributed by atoms with Crippen LogP contribution in [0.5, 0.6) is 5.75 Å². The molecule has 0 amide bonds. The maximum absolute atomic E-state index is 9.07. The number of pyridine rings is 1. The van der Waals surface area contributed by atoms with E-state index in [1.54, 1.807) is 6.07 Å². The largest absolute Gasteiger partial charge is 0.506 e. The fourth-order valence-corrected chi connectivity index (χ4v) is 1.14. The fraction of sp³-hybridized carbons (Fsp3) is 0.125. The van der Waals surface area contributed by atoms with E-state index in [1.165, 1.54) is 6.20 Å². The van der Waals surface area contributed by atoms with Gasteiger partial charge in [0.1, 0.15) is 11.4 Å². The van der Waals surface area contributed by atoms with Crippen molar-refractivity contribution in [2.24, 2.45) is 7.05 Å². The molecule has 11 heavy (non-hydrogen) atoms. The molecule has 0 radical (unpaired) electrons. The molecule has 2 aromatic heterocycles. The van der Waals surface area contributed by atoms with Crippen LogP contribution in [-0.2, 0) is 7.05 Å². The van der Waals surface area contributed by atoms with Gasteiger partial charge in [0.05, 0.1) is 6.20 Å². The van der Waals surface area contributed by atoms with Crippen molar-refractivity contribution in [3.05, 3.63) is 24.5 Å². The summed E-state index contributed by atoms with van der Waals surface area (Å²) in [4.78, 5) is 4.05. The van der Waals surface area contributed by atoms with Crippen LogP contribution in [0.1, 0.15) is 0 Å². The van der Waals surface area contributed by atoms with E-state index in [-0.39, 0.29) is 5.75 Å². The minimum absolute atomic E-state index is 0.212. The van der Waals surface area contributed by atoms with Gasteiger partial charge in [-0.1, -0.05) is 0 Å². The summed E-state index contributed by atoms with van der Waals surface area (Å²) in [5, 5.41) is 10.0. The van der Waals surface area contributed by atoms with Crippen molar-refractivity contribution < 1.29 is 5.11 Å². The third kappa shape index (κ3) is 0.852. The second kappa shape index (κ2) is 1.99. The Morgan fingerprint density at radius 3 is 3.18 bits per heavy atom. The molecule has 0 aromatic carbocycles. The first kappa shape index (κ1) is 6.22. The molecule has 2 heterocycles. The summed E-state index contributed by atoms with van der Waals surface area (Å²) in [5.74, 6) is 0.212. The lowest BCUT2D eigenvalue weighted by atomic mass is 10.3. The van der Waals surface area contributed by atoms with Gasteiger partial charge >= 0.3 is 0 Å². The molecule has 0 saturated carbocycles. The molecule has 2 aromatic rings. The SMILES string of the molecule is Cn1ccc2cc(O)cnc21. The van der Waals surface area contributed by atoms with Crippen LogP contribution in [0.3, 0.4) is 0 Å². The van der Waals surface area contributed by atoms with Crippen molar-refractivity contribution in [2.75, 3.05) is 0 Å². The van der Waals surface area contributed by atoms with Crippen LogP contribution in [-0.4, -0.2) is 14.7 Å². The second-order valence-electron chi connectivity index (χ2n) is 2.53. The van der Waals surface area contributed by atoms with Gasteiger partial charge in [-0.2, -0.15) is 0 Å². The molecule has 3 heteroatoms. The summed E-state index contributed by atoms with van der Waals surface area (Å²) in [7, 11) is 1.92. The highest BCUT2D eigenvalue weighted by Crippen LogP contribution is 2.16. The molecule has 56 valence electrons. The standard InChI is InChI=1S/C8H8N2O/c1-10-3-2-6-4-7(11)5-9-8(6)10/h2-5,11H,1H3. The number of hydrogen-bond acceptors (Lipinski definition) is 2. The molecular weight excluding hydrogens is 140 g/mol. The first-order valence-electron chi connectivity index (χ1n) is 3.37. The lowest BCUT2D eigenvalue weighted by molar-refractivity contribution is 0.474. The minimum Gasteiger partial charge on any atom is -0.506 e. The average Bonchev–Trinajstić information content (AvgIpc) is 2.32. The van der Waals surface area contributed by atoms with E-state index in [0.29, 0.717) is 0 Å². The highest BCUT2D eigenvalue weighted by Gasteiger charge is 1.98. The molecule has 0 atom stereocenters. The summed E-state index contributed by atoms with van der Waals surface area (Å²) in [5.41, 5.74) is 0.891. The van der Waals surface area contributed by atoms with Crippen LogP contribution >= 0.6 is 0 Å². The fourth-order valence-electron chi connectivity index (χ4n) is 1.14. The van der Waals surface area contributed by atoms with E-state index in [2.05, 4.69) is 4.98 Å². The van der Waals surface area contributed by atoms with Crippen molar-refractivity contribution in [3.8, 4) is 5.75 Å². The topological polar surface area (TPSA) is 38.0 Å². The van der Waals surface area contributed by atoms with Crippen LogP contribution in [0.2, 0.25) is 0 Å². The number of hydrogen-bond donors (Lipinski definition) is 1. The summed E-state index contributed by atoms with van der Waals surface area (Å²) in [6.07, 6.45) is 3.36. The number of aryl methyl sites for hydroxylation is 1. The van der Waals surface area contributed by atoms with Gasteiger partial charge in [-0.25, -0.2) is 4.98 Å². The zero-order valence-electron chi connectivity index (χ0n) is 6.15. The predicted octanol–water partition coefficient (Wildman–Crippen LogP) is 1.28. The number of aromatic hydroxyl groups is 1. The Morgan fingerprint density at radius 2 is 2.36 bits per heavy atom. The van der Waals surface area contributed by atoms with Gasteiger partial charge in [0.15, 0.2) is 0 Å². The zero-order valence-corrected chi connectivity index (χ0v) is 6.15. The van der Waals surface area contributed by atoms with E-state index >= 15 is 0 Å². The first-order valence-corrected chi connectivity index (χ1v) is 3.37. The van der Waals surface area contributed by atoms with Gasteiger partial charge in [0.2, 0.25) is 0 Å². The maximum Gasteiger partial charge on any atom is 0.139 e. The van der Waals surface area contributed by atoms with Crippen LogP contribution < -0.4 is 0 Å². The molecule has 0 aliphatic heterocycles. The Balaban J connectivity index is 2.86. The Morgan fingerprint density at radius 1 is 1.55 bits per heavy atom. The smallest absolute Gasteiger partial charge is 0.139 e. The number of fused-ring (bicyclic) bond motifs is 1. The molecule has 0 spiro atoms. The Bertz CT molecular complexity index is 392.